The van der Waals surface area contributed by atoms with Gasteiger partial charge >= 0.3 is 10.1 Å². The Morgan fingerprint density at radius 3 is 2.51 bits per heavy atom. The van der Waals surface area contributed by atoms with Crippen molar-refractivity contribution in [3.63, 3.8) is 0 Å². The number of carbonyl (C=O) groups is 1. The van der Waals surface area contributed by atoms with Crippen molar-refractivity contribution in [1.82, 2.24) is 0 Å². The Balaban J connectivity index is 1.89. The van der Waals surface area contributed by atoms with Crippen LogP contribution in [0.3, 0.4) is 0 Å². The molecule has 0 saturated heterocycles. The first-order chi connectivity index (χ1) is 16.6. The minimum Gasteiger partial charge on any atom is -0.493 e. The molecule has 0 fully saturated rings. The Kier molecular flexibility index (Phi) is 7.70. The third-order valence-electron chi connectivity index (χ3n) is 4.48. The Hall–Kier alpha value is -4.40. The number of rotatable bonds is 8. The molecule has 0 unspecified atom stereocenters. The van der Waals surface area contributed by atoms with Crippen molar-refractivity contribution in [1.29, 1.82) is 5.26 Å². The van der Waals surface area contributed by atoms with E-state index in [1.165, 1.54) is 49.6 Å². The Bertz CT molecular complexity index is 1480. The molecule has 0 bridgehead atoms. The zero-order valence-corrected chi connectivity index (χ0v) is 19.5. The third-order valence-corrected chi connectivity index (χ3v) is 5.99. The lowest BCUT2D eigenvalue weighted by Crippen LogP contribution is -2.13. The molecule has 10 nitrogen and oxygen atoms in total. The highest BCUT2D eigenvalue weighted by molar-refractivity contribution is 7.87. The van der Waals surface area contributed by atoms with E-state index < -0.39 is 31.5 Å². The number of methoxy groups -OCH3 is 1. The Morgan fingerprint density at radius 1 is 1.11 bits per heavy atom. The molecule has 0 heterocycles. The summed E-state index contributed by atoms with van der Waals surface area (Å²) in [5, 5.41) is 23.6. The largest absolute Gasteiger partial charge is 0.493 e. The highest BCUT2D eigenvalue weighted by Crippen LogP contribution is 2.33. The molecule has 12 heteroatoms. The SMILES string of the molecule is COc1cc(/C=C(\C#N)C(=O)Nc2cccc(Cl)c2)ccc1OS(=O)(=O)c1ccccc1[N+](=O)[O-]. The number of halogens is 1. The number of nitriles is 1. The quantitative estimate of drug-likeness (QED) is 0.151. The number of ether oxygens (including phenoxy) is 1. The van der Waals surface area contributed by atoms with Crippen molar-refractivity contribution in [2.75, 3.05) is 12.4 Å². The molecular formula is C23H16ClN3O7S. The van der Waals surface area contributed by atoms with Crippen molar-refractivity contribution in [3.05, 3.63) is 93.0 Å². The maximum atomic E-state index is 12.7. The van der Waals surface area contributed by atoms with Crippen molar-refractivity contribution < 1.29 is 27.1 Å². The van der Waals surface area contributed by atoms with Crippen molar-refractivity contribution >= 4 is 45.1 Å². The summed E-state index contributed by atoms with van der Waals surface area (Å²) in [7, 11) is -3.32. The Morgan fingerprint density at radius 2 is 1.86 bits per heavy atom. The number of hydrogen-bond donors (Lipinski definition) is 1. The average molecular weight is 514 g/mol. The second kappa shape index (κ2) is 10.7. The molecule has 0 aliphatic carbocycles. The lowest BCUT2D eigenvalue weighted by molar-refractivity contribution is -0.387. The lowest BCUT2D eigenvalue weighted by Gasteiger charge is -2.12. The van der Waals surface area contributed by atoms with Gasteiger partial charge in [0.25, 0.3) is 11.6 Å². The fraction of sp³-hybridized carbons (Fsp3) is 0.0435. The molecule has 0 aromatic heterocycles. The normalized spacial score (nSPS) is 11.3. The molecule has 178 valence electrons. The number of carbonyl (C=O) groups excluding carboxylic acids is 1. The van der Waals surface area contributed by atoms with E-state index in [2.05, 4.69) is 5.32 Å². The van der Waals surface area contributed by atoms with E-state index in [0.717, 1.165) is 12.1 Å². The number of benzene rings is 3. The number of para-hydroxylation sites is 1. The maximum absolute atomic E-state index is 12.7. The number of nitrogens with zero attached hydrogens (tertiary/aromatic N) is 2. The summed E-state index contributed by atoms with van der Waals surface area (Å²) in [6.07, 6.45) is 1.27. The molecule has 1 N–H and O–H groups in total. The van der Waals surface area contributed by atoms with Crippen LogP contribution in [0.1, 0.15) is 5.56 Å². The number of nitro benzene ring substituents is 1. The van der Waals surface area contributed by atoms with Crippen LogP contribution in [0.4, 0.5) is 11.4 Å². The van der Waals surface area contributed by atoms with Crippen LogP contribution in [0.5, 0.6) is 11.5 Å². The van der Waals surface area contributed by atoms with Gasteiger partial charge < -0.3 is 14.2 Å². The van der Waals surface area contributed by atoms with Crippen LogP contribution in [0.2, 0.25) is 5.02 Å². The monoisotopic (exact) mass is 513 g/mol. The molecular weight excluding hydrogens is 498 g/mol. The zero-order valence-electron chi connectivity index (χ0n) is 18.0. The van der Waals surface area contributed by atoms with Crippen LogP contribution in [0.15, 0.2) is 77.2 Å². The van der Waals surface area contributed by atoms with Gasteiger partial charge in [-0.15, -0.1) is 0 Å². The minimum atomic E-state index is -4.58. The minimum absolute atomic E-state index is 0.0477. The van der Waals surface area contributed by atoms with Gasteiger partial charge in [0.1, 0.15) is 11.6 Å². The van der Waals surface area contributed by atoms with E-state index in [1.807, 2.05) is 0 Å². The molecule has 3 aromatic carbocycles. The second-order valence-corrected chi connectivity index (χ2v) is 8.76. The van der Waals surface area contributed by atoms with E-state index >= 15 is 0 Å². The first kappa shape index (κ1) is 25.2. The van der Waals surface area contributed by atoms with E-state index in [0.29, 0.717) is 16.3 Å². The van der Waals surface area contributed by atoms with E-state index in [4.69, 9.17) is 20.5 Å². The van der Waals surface area contributed by atoms with Gasteiger partial charge in [0.15, 0.2) is 16.4 Å². The summed E-state index contributed by atoms with van der Waals surface area (Å²) in [6.45, 7) is 0. The average Bonchev–Trinajstić information content (AvgIpc) is 2.83. The zero-order chi connectivity index (χ0) is 25.6. The highest BCUT2D eigenvalue weighted by atomic mass is 35.5. The van der Waals surface area contributed by atoms with E-state index in [9.17, 15) is 28.6 Å². The lowest BCUT2D eigenvalue weighted by atomic mass is 10.1. The predicted octanol–water partition coefficient (Wildman–Crippen LogP) is 4.57. The van der Waals surface area contributed by atoms with Gasteiger partial charge in [-0.3, -0.25) is 14.9 Å². The molecule has 0 aliphatic heterocycles. The number of amides is 1. The van der Waals surface area contributed by atoms with Crippen molar-refractivity contribution in [2.24, 2.45) is 0 Å². The van der Waals surface area contributed by atoms with Gasteiger partial charge in [-0.2, -0.15) is 13.7 Å². The summed E-state index contributed by atoms with van der Waals surface area (Å²) in [6, 6.07) is 16.9. The highest BCUT2D eigenvalue weighted by Gasteiger charge is 2.28. The fourth-order valence-corrected chi connectivity index (χ4v) is 4.20. The van der Waals surface area contributed by atoms with Gasteiger partial charge in [-0.25, -0.2) is 0 Å². The fourth-order valence-electron chi connectivity index (χ4n) is 2.91. The number of nitrogens with one attached hydrogen (secondary N) is 1. The van der Waals surface area contributed by atoms with E-state index in [1.54, 1.807) is 24.3 Å². The van der Waals surface area contributed by atoms with Gasteiger partial charge in [0, 0.05) is 16.8 Å². The summed E-state index contributed by atoms with van der Waals surface area (Å²) in [4.78, 5) is 22.2. The standard InChI is InChI=1S/C23H16ClN3O7S/c1-33-21-12-15(11-16(14-25)23(28)26-18-6-4-5-17(24)13-18)9-10-20(21)34-35(31,32)22-8-3-2-7-19(22)27(29)30/h2-13H,1H3,(H,26,28)/b16-11+. The molecule has 0 atom stereocenters. The van der Waals surface area contributed by atoms with Crippen LogP contribution in [-0.2, 0) is 14.9 Å². The maximum Gasteiger partial charge on any atom is 0.346 e. The van der Waals surface area contributed by atoms with Gasteiger partial charge in [-0.05, 0) is 48.0 Å². The summed E-state index contributed by atoms with van der Waals surface area (Å²) in [5.41, 5.74) is -0.163. The first-order valence-corrected chi connectivity index (χ1v) is 11.5. The Labute approximate surface area is 205 Å². The van der Waals surface area contributed by atoms with Crippen molar-refractivity contribution in [3.8, 4) is 17.6 Å². The molecule has 3 aromatic rings. The molecule has 3 rings (SSSR count). The summed E-state index contributed by atoms with van der Waals surface area (Å²) >= 11 is 5.90. The number of hydrogen-bond acceptors (Lipinski definition) is 8. The van der Waals surface area contributed by atoms with Crippen LogP contribution in [-0.4, -0.2) is 26.4 Å². The second-order valence-electron chi connectivity index (χ2n) is 6.81. The van der Waals surface area contributed by atoms with Crippen LogP contribution >= 0.6 is 11.6 Å². The third kappa shape index (κ3) is 6.14. The summed E-state index contributed by atoms with van der Waals surface area (Å²) in [5.74, 6) is -0.980. The molecule has 0 radical (unpaired) electrons. The smallest absolute Gasteiger partial charge is 0.346 e. The molecule has 35 heavy (non-hydrogen) atoms. The van der Waals surface area contributed by atoms with Crippen LogP contribution < -0.4 is 14.2 Å². The molecule has 1 amide bonds. The topological polar surface area (TPSA) is 149 Å². The van der Waals surface area contributed by atoms with Crippen LogP contribution in [0.25, 0.3) is 6.08 Å². The number of nitro groups is 1. The van der Waals surface area contributed by atoms with Crippen molar-refractivity contribution in [2.45, 2.75) is 4.90 Å². The van der Waals surface area contributed by atoms with Gasteiger partial charge in [0.2, 0.25) is 0 Å². The molecule has 0 saturated carbocycles. The van der Waals surface area contributed by atoms with Gasteiger partial charge in [0.05, 0.1) is 12.0 Å². The molecule has 0 spiro atoms. The van der Waals surface area contributed by atoms with E-state index in [-0.39, 0.29) is 17.1 Å². The summed E-state index contributed by atoms with van der Waals surface area (Å²) < 4.78 is 35.7. The predicted molar refractivity (Wildman–Crippen MR) is 128 cm³/mol. The number of anilines is 1. The van der Waals surface area contributed by atoms with Gasteiger partial charge in [-0.1, -0.05) is 35.9 Å². The molecule has 0 aliphatic rings. The first-order valence-electron chi connectivity index (χ1n) is 9.69. The van der Waals surface area contributed by atoms with Crippen LogP contribution in [0, 0.1) is 21.4 Å².